The molecule has 1 heterocycles. The summed E-state index contributed by atoms with van der Waals surface area (Å²) in [6.45, 7) is 1.66. The summed E-state index contributed by atoms with van der Waals surface area (Å²) in [5.74, 6) is -0.394. The SMILES string of the molecule is Cc1cc(-c2ccc(COc3ccc(OS(=O)(=O)F)cc3)c(F)c2)cc(=O)[nH]1. The average molecular weight is 407 g/mol. The third-order valence-corrected chi connectivity index (χ3v) is 4.17. The second-order valence-corrected chi connectivity index (χ2v) is 6.91. The summed E-state index contributed by atoms with van der Waals surface area (Å²) >= 11 is 0. The van der Waals surface area contributed by atoms with Crippen LogP contribution in [0, 0.1) is 12.7 Å². The molecule has 28 heavy (non-hydrogen) atoms. The van der Waals surface area contributed by atoms with Crippen molar-refractivity contribution < 1.29 is 25.6 Å². The molecule has 0 aliphatic rings. The molecule has 2 aromatic carbocycles. The van der Waals surface area contributed by atoms with Crippen molar-refractivity contribution in [3.05, 3.63) is 82.0 Å². The number of rotatable bonds is 6. The maximum absolute atomic E-state index is 14.4. The molecule has 0 saturated carbocycles. The third-order valence-electron chi connectivity index (χ3n) is 3.78. The zero-order chi connectivity index (χ0) is 20.3. The minimum absolute atomic E-state index is 0.0812. The van der Waals surface area contributed by atoms with E-state index in [9.17, 15) is 21.5 Å². The highest BCUT2D eigenvalue weighted by Crippen LogP contribution is 2.24. The number of halogens is 2. The van der Waals surface area contributed by atoms with Crippen LogP contribution in [0.4, 0.5) is 8.28 Å². The molecular weight excluding hydrogens is 392 g/mol. The smallest absolute Gasteiger partial charge is 0.488 e. The summed E-state index contributed by atoms with van der Waals surface area (Å²) in [5.41, 5.74) is 1.85. The van der Waals surface area contributed by atoms with Gasteiger partial charge in [0.05, 0.1) is 0 Å². The van der Waals surface area contributed by atoms with E-state index in [1.165, 1.54) is 36.4 Å². The van der Waals surface area contributed by atoms with Gasteiger partial charge in [0.2, 0.25) is 5.56 Å². The van der Waals surface area contributed by atoms with Crippen molar-refractivity contribution in [3.8, 4) is 22.6 Å². The van der Waals surface area contributed by atoms with Crippen LogP contribution in [0.2, 0.25) is 0 Å². The summed E-state index contributed by atoms with van der Waals surface area (Å²) in [6, 6.07) is 12.8. The summed E-state index contributed by atoms with van der Waals surface area (Å²) in [4.78, 5) is 14.2. The predicted octanol–water partition coefficient (Wildman–Crippen LogP) is 3.66. The van der Waals surface area contributed by atoms with Gasteiger partial charge in [-0.15, -0.1) is 0 Å². The highest BCUT2D eigenvalue weighted by molar-refractivity contribution is 7.81. The Hall–Kier alpha value is -3.20. The standard InChI is InChI=1S/C19H15F2NO5S/c1-12-8-15(10-19(23)22-12)13-2-3-14(18(20)9-13)11-26-16-4-6-17(7-5-16)27-28(21,24)25/h2-10H,11H2,1H3,(H,22,23). The van der Waals surface area contributed by atoms with Crippen LogP contribution in [0.25, 0.3) is 11.1 Å². The maximum Gasteiger partial charge on any atom is 0.488 e. The number of ether oxygens (including phenoxy) is 1. The van der Waals surface area contributed by atoms with E-state index in [0.29, 0.717) is 22.6 Å². The second-order valence-electron chi connectivity index (χ2n) is 5.96. The maximum atomic E-state index is 14.4. The molecule has 0 aliphatic carbocycles. The van der Waals surface area contributed by atoms with Crippen molar-refractivity contribution in [2.24, 2.45) is 0 Å². The number of pyridine rings is 1. The van der Waals surface area contributed by atoms with Crippen LogP contribution in [0.1, 0.15) is 11.3 Å². The molecule has 0 radical (unpaired) electrons. The lowest BCUT2D eigenvalue weighted by molar-refractivity contribution is 0.299. The number of aromatic nitrogens is 1. The Labute approximate surface area is 159 Å². The highest BCUT2D eigenvalue weighted by atomic mass is 32.3. The Morgan fingerprint density at radius 3 is 2.25 bits per heavy atom. The van der Waals surface area contributed by atoms with E-state index < -0.39 is 16.3 Å². The predicted molar refractivity (Wildman–Crippen MR) is 98.6 cm³/mol. The molecule has 1 N–H and O–H groups in total. The topological polar surface area (TPSA) is 85.5 Å². The number of hydrogen-bond donors (Lipinski definition) is 1. The Kier molecular flexibility index (Phi) is 5.46. The molecule has 0 spiro atoms. The molecule has 0 fully saturated rings. The lowest BCUT2D eigenvalue weighted by atomic mass is 10.0. The molecule has 3 rings (SSSR count). The number of benzene rings is 2. The van der Waals surface area contributed by atoms with E-state index in [4.69, 9.17) is 4.74 Å². The molecule has 6 nitrogen and oxygen atoms in total. The zero-order valence-corrected chi connectivity index (χ0v) is 15.4. The van der Waals surface area contributed by atoms with Crippen LogP contribution in [-0.2, 0) is 17.1 Å². The Morgan fingerprint density at radius 2 is 1.64 bits per heavy atom. The van der Waals surface area contributed by atoms with Crippen molar-refractivity contribution in [3.63, 3.8) is 0 Å². The molecule has 1 aromatic heterocycles. The number of aromatic amines is 1. The van der Waals surface area contributed by atoms with Crippen LogP contribution in [0.5, 0.6) is 11.5 Å². The first kappa shape index (κ1) is 19.6. The van der Waals surface area contributed by atoms with Gasteiger partial charge in [-0.1, -0.05) is 16.0 Å². The number of aryl methyl sites for hydroxylation is 1. The monoisotopic (exact) mass is 407 g/mol. The Morgan fingerprint density at radius 1 is 0.964 bits per heavy atom. The van der Waals surface area contributed by atoms with Gasteiger partial charge in [0.1, 0.15) is 23.9 Å². The normalized spacial score (nSPS) is 11.2. The quantitative estimate of drug-likeness (QED) is 0.631. The van der Waals surface area contributed by atoms with E-state index in [2.05, 4.69) is 9.17 Å². The van der Waals surface area contributed by atoms with Crippen LogP contribution in [0.3, 0.4) is 0 Å². The molecule has 0 saturated heterocycles. The van der Waals surface area contributed by atoms with Gasteiger partial charge in [-0.2, -0.15) is 8.42 Å². The van der Waals surface area contributed by atoms with Crippen LogP contribution < -0.4 is 14.5 Å². The second kappa shape index (κ2) is 7.81. The van der Waals surface area contributed by atoms with Crippen LogP contribution in [-0.4, -0.2) is 13.4 Å². The molecule has 0 atom stereocenters. The number of hydrogen-bond acceptors (Lipinski definition) is 5. The van der Waals surface area contributed by atoms with Crippen LogP contribution in [0.15, 0.2) is 59.4 Å². The van der Waals surface area contributed by atoms with Gasteiger partial charge in [-0.25, -0.2) is 4.39 Å². The number of nitrogens with one attached hydrogen (secondary N) is 1. The van der Waals surface area contributed by atoms with Gasteiger partial charge in [0.15, 0.2) is 0 Å². The van der Waals surface area contributed by atoms with Gasteiger partial charge in [-0.3, -0.25) is 4.79 Å². The molecule has 0 bridgehead atoms. The fourth-order valence-electron chi connectivity index (χ4n) is 2.56. The summed E-state index contributed by atoms with van der Waals surface area (Å²) in [7, 11) is -5.10. The Balaban J connectivity index is 1.70. The van der Waals surface area contributed by atoms with Gasteiger partial charge in [-0.05, 0) is 54.4 Å². The Bertz CT molecular complexity index is 1160. The van der Waals surface area contributed by atoms with Crippen molar-refractivity contribution in [2.45, 2.75) is 13.5 Å². The van der Waals surface area contributed by atoms with Crippen molar-refractivity contribution >= 4 is 10.5 Å². The largest absolute Gasteiger partial charge is 0.489 e. The first-order valence-corrected chi connectivity index (χ1v) is 9.37. The molecule has 3 aromatic rings. The van der Waals surface area contributed by atoms with Crippen molar-refractivity contribution in [2.75, 3.05) is 0 Å². The van der Waals surface area contributed by atoms with Crippen molar-refractivity contribution in [1.82, 2.24) is 4.98 Å². The van der Waals surface area contributed by atoms with Gasteiger partial charge >= 0.3 is 10.5 Å². The molecule has 0 aliphatic heterocycles. The molecule has 9 heteroatoms. The summed E-state index contributed by atoms with van der Waals surface area (Å²) < 4.78 is 57.2. The fourth-order valence-corrected chi connectivity index (χ4v) is 2.90. The lowest BCUT2D eigenvalue weighted by Gasteiger charge is -2.09. The average Bonchev–Trinajstić information content (AvgIpc) is 2.60. The molecule has 0 unspecified atom stereocenters. The van der Waals surface area contributed by atoms with E-state index in [0.717, 1.165) is 0 Å². The summed E-state index contributed by atoms with van der Waals surface area (Å²) in [6.07, 6.45) is 0. The minimum Gasteiger partial charge on any atom is -0.489 e. The van der Waals surface area contributed by atoms with E-state index >= 15 is 0 Å². The molecule has 146 valence electrons. The van der Waals surface area contributed by atoms with Crippen LogP contribution >= 0.6 is 0 Å². The van der Waals surface area contributed by atoms with E-state index in [-0.39, 0.29) is 23.5 Å². The van der Waals surface area contributed by atoms with Gasteiger partial charge in [0.25, 0.3) is 0 Å². The zero-order valence-electron chi connectivity index (χ0n) is 14.6. The first-order chi connectivity index (χ1) is 13.2. The fraction of sp³-hybridized carbons (Fsp3) is 0.105. The molecule has 0 amide bonds. The third kappa shape index (κ3) is 5.17. The van der Waals surface area contributed by atoms with E-state index in [1.54, 1.807) is 25.1 Å². The lowest BCUT2D eigenvalue weighted by Crippen LogP contribution is -2.06. The number of H-pyrrole nitrogens is 1. The summed E-state index contributed by atoms with van der Waals surface area (Å²) in [5, 5.41) is 0. The van der Waals surface area contributed by atoms with Gasteiger partial charge in [0, 0.05) is 17.3 Å². The van der Waals surface area contributed by atoms with E-state index in [1.807, 2.05) is 0 Å². The minimum atomic E-state index is -5.10. The van der Waals surface area contributed by atoms with Crippen molar-refractivity contribution in [1.29, 1.82) is 0 Å². The molecular formula is C19H15F2NO5S. The van der Waals surface area contributed by atoms with Gasteiger partial charge < -0.3 is 13.9 Å². The first-order valence-electron chi connectivity index (χ1n) is 8.06. The highest BCUT2D eigenvalue weighted by Gasteiger charge is 2.10.